The van der Waals surface area contributed by atoms with Gasteiger partial charge in [-0.3, -0.25) is 24.2 Å². The molecule has 1 aromatic rings. The van der Waals surface area contributed by atoms with E-state index in [1.807, 2.05) is 4.90 Å². The maximum atomic E-state index is 12.9. The Labute approximate surface area is 149 Å². The lowest BCUT2D eigenvalue weighted by molar-refractivity contribution is -0.143. The van der Waals surface area contributed by atoms with Crippen LogP contribution < -0.4 is 0 Å². The summed E-state index contributed by atoms with van der Waals surface area (Å²) in [5.41, 5.74) is 0.744. The number of hydrogen-bond acceptors (Lipinski definition) is 5. The van der Waals surface area contributed by atoms with E-state index in [0.717, 1.165) is 15.4 Å². The fraction of sp³-hybridized carbons (Fsp3) is 0.412. The molecule has 0 bridgehead atoms. The summed E-state index contributed by atoms with van der Waals surface area (Å²) in [6, 6.07) is 5.18. The largest absolute Gasteiger partial charge is 0.340 e. The van der Waals surface area contributed by atoms with Gasteiger partial charge in [0, 0.05) is 33.2 Å². The Morgan fingerprint density at radius 3 is 2.15 bits per heavy atom. The minimum atomic E-state index is -0.830. The lowest BCUT2D eigenvalue weighted by atomic mass is 10.1. The van der Waals surface area contributed by atoms with Crippen molar-refractivity contribution in [2.75, 3.05) is 39.9 Å². The van der Waals surface area contributed by atoms with E-state index in [1.54, 1.807) is 17.0 Å². The molecule has 0 spiro atoms. The molecule has 9 heteroatoms. The molecule has 0 aromatic heterocycles. The summed E-state index contributed by atoms with van der Waals surface area (Å²) in [6.45, 7) is 1.93. The van der Waals surface area contributed by atoms with Gasteiger partial charge in [-0.15, -0.1) is 0 Å². The number of piperazine rings is 1. The molecule has 2 heterocycles. The number of urea groups is 1. The topological polar surface area (TPSA) is 81.2 Å². The lowest BCUT2D eigenvalue weighted by Crippen LogP contribution is -2.52. The number of carbonyl (C=O) groups excluding carboxylic acids is 4. The molecule has 0 saturated carbocycles. The molecule has 3 rings (SSSR count). The van der Waals surface area contributed by atoms with Crippen molar-refractivity contribution in [3.63, 3.8) is 0 Å². The first kappa shape index (κ1) is 18.0. The minimum absolute atomic E-state index is 0.0355. The maximum Gasteiger partial charge on any atom is 0.335 e. The maximum absolute atomic E-state index is 12.9. The third kappa shape index (κ3) is 3.57. The highest BCUT2D eigenvalue weighted by atomic mass is 19.1. The number of amides is 5. The SMILES string of the molecule is CN1C(=O)C(=O)N(CN2CCN(C(=O)Cc3ccc(F)cc3)CC2)C1=O. The summed E-state index contributed by atoms with van der Waals surface area (Å²) in [6.07, 6.45) is 0.197. The van der Waals surface area contributed by atoms with E-state index in [2.05, 4.69) is 0 Å². The Hall–Kier alpha value is -2.81. The zero-order chi connectivity index (χ0) is 18.8. The predicted octanol–water partition coefficient (Wildman–Crippen LogP) is -0.109. The van der Waals surface area contributed by atoms with Gasteiger partial charge in [-0.2, -0.15) is 0 Å². The molecule has 5 amide bonds. The van der Waals surface area contributed by atoms with E-state index < -0.39 is 17.8 Å². The third-order valence-electron chi connectivity index (χ3n) is 4.59. The number of imide groups is 2. The van der Waals surface area contributed by atoms with Gasteiger partial charge in [0.25, 0.3) is 0 Å². The highest BCUT2D eigenvalue weighted by molar-refractivity contribution is 6.44. The van der Waals surface area contributed by atoms with Gasteiger partial charge in [0.05, 0.1) is 13.1 Å². The summed E-state index contributed by atoms with van der Waals surface area (Å²) in [5, 5.41) is 0. The number of hydrogen-bond donors (Lipinski definition) is 0. The van der Waals surface area contributed by atoms with Gasteiger partial charge in [-0.25, -0.2) is 14.1 Å². The smallest absolute Gasteiger partial charge is 0.335 e. The minimum Gasteiger partial charge on any atom is -0.340 e. The van der Waals surface area contributed by atoms with Crippen LogP contribution in [0.15, 0.2) is 24.3 Å². The standard InChI is InChI=1S/C17H19FN4O4/c1-19-15(24)16(25)22(17(19)26)11-20-6-8-21(9-7-20)14(23)10-12-2-4-13(18)5-3-12/h2-5H,6-11H2,1H3. The molecule has 0 aliphatic carbocycles. The second-order valence-corrected chi connectivity index (χ2v) is 6.32. The summed E-state index contributed by atoms with van der Waals surface area (Å²) in [5.74, 6) is -2.06. The number of nitrogens with zero attached hydrogens (tertiary/aromatic N) is 4. The van der Waals surface area contributed by atoms with Gasteiger partial charge < -0.3 is 4.90 Å². The molecule has 0 radical (unpaired) electrons. The first-order valence-corrected chi connectivity index (χ1v) is 8.25. The molecule has 8 nitrogen and oxygen atoms in total. The van der Waals surface area contributed by atoms with E-state index in [0.29, 0.717) is 26.2 Å². The number of carbonyl (C=O) groups is 4. The molecular weight excluding hydrogens is 343 g/mol. The van der Waals surface area contributed by atoms with Crippen LogP contribution in [0.2, 0.25) is 0 Å². The van der Waals surface area contributed by atoms with Crippen molar-refractivity contribution in [2.24, 2.45) is 0 Å². The number of rotatable bonds is 4. The number of benzene rings is 1. The second kappa shape index (κ2) is 7.20. The molecule has 138 valence electrons. The molecule has 0 N–H and O–H groups in total. The normalized spacial score (nSPS) is 18.8. The van der Waals surface area contributed by atoms with E-state index >= 15 is 0 Å². The molecular formula is C17H19FN4O4. The molecule has 26 heavy (non-hydrogen) atoms. The molecule has 2 aliphatic heterocycles. The van der Waals surface area contributed by atoms with Crippen molar-refractivity contribution in [1.29, 1.82) is 0 Å². The summed E-state index contributed by atoms with van der Waals surface area (Å²) in [4.78, 5) is 52.8. The monoisotopic (exact) mass is 362 g/mol. The van der Waals surface area contributed by atoms with Gasteiger partial charge >= 0.3 is 17.8 Å². The zero-order valence-electron chi connectivity index (χ0n) is 14.4. The average molecular weight is 362 g/mol. The van der Waals surface area contributed by atoms with Gasteiger partial charge in [0.15, 0.2) is 0 Å². The van der Waals surface area contributed by atoms with Crippen molar-refractivity contribution in [3.8, 4) is 0 Å². The van der Waals surface area contributed by atoms with Gasteiger partial charge in [-0.05, 0) is 17.7 Å². The van der Waals surface area contributed by atoms with Crippen molar-refractivity contribution >= 4 is 23.8 Å². The Bertz CT molecular complexity index is 744. The van der Waals surface area contributed by atoms with Gasteiger partial charge in [0.2, 0.25) is 5.91 Å². The molecule has 0 unspecified atom stereocenters. The first-order chi connectivity index (χ1) is 12.4. The Morgan fingerprint density at radius 1 is 1.00 bits per heavy atom. The van der Waals surface area contributed by atoms with Crippen molar-refractivity contribution in [1.82, 2.24) is 19.6 Å². The van der Waals surface area contributed by atoms with Crippen molar-refractivity contribution < 1.29 is 23.6 Å². The van der Waals surface area contributed by atoms with Crippen LogP contribution in [0.3, 0.4) is 0 Å². The Morgan fingerprint density at radius 2 is 1.62 bits per heavy atom. The van der Waals surface area contributed by atoms with Crippen LogP contribution in [-0.4, -0.2) is 83.2 Å². The average Bonchev–Trinajstić information content (AvgIpc) is 2.82. The summed E-state index contributed by atoms with van der Waals surface area (Å²) in [7, 11) is 1.27. The molecule has 2 fully saturated rings. The van der Waals surface area contributed by atoms with Crippen molar-refractivity contribution in [2.45, 2.75) is 6.42 Å². The summed E-state index contributed by atoms with van der Waals surface area (Å²) < 4.78 is 12.9. The van der Waals surface area contributed by atoms with Crippen LogP contribution in [0, 0.1) is 5.82 Å². The van der Waals surface area contributed by atoms with Crippen LogP contribution in [0.1, 0.15) is 5.56 Å². The summed E-state index contributed by atoms with van der Waals surface area (Å²) >= 11 is 0. The van der Waals surface area contributed by atoms with Crippen LogP contribution in [0.4, 0.5) is 9.18 Å². The molecule has 1 aromatic carbocycles. The van der Waals surface area contributed by atoms with Crippen LogP contribution in [0.5, 0.6) is 0 Å². The Balaban J connectivity index is 1.50. The van der Waals surface area contributed by atoms with E-state index in [1.165, 1.54) is 19.2 Å². The van der Waals surface area contributed by atoms with Crippen LogP contribution >= 0.6 is 0 Å². The highest BCUT2D eigenvalue weighted by Gasteiger charge is 2.43. The van der Waals surface area contributed by atoms with E-state index in [-0.39, 0.29) is 24.8 Å². The molecule has 2 saturated heterocycles. The molecule has 2 aliphatic rings. The molecule has 0 atom stereocenters. The third-order valence-corrected chi connectivity index (χ3v) is 4.59. The second-order valence-electron chi connectivity index (χ2n) is 6.32. The lowest BCUT2D eigenvalue weighted by Gasteiger charge is -2.35. The van der Waals surface area contributed by atoms with Gasteiger partial charge in [-0.1, -0.05) is 12.1 Å². The van der Waals surface area contributed by atoms with Crippen LogP contribution in [-0.2, 0) is 20.8 Å². The number of likely N-dealkylation sites (N-methyl/N-ethyl adjacent to an activating group) is 1. The van der Waals surface area contributed by atoms with Crippen LogP contribution in [0.25, 0.3) is 0 Å². The Kier molecular flexibility index (Phi) is 4.99. The predicted molar refractivity (Wildman–Crippen MR) is 88.1 cm³/mol. The van der Waals surface area contributed by atoms with Crippen molar-refractivity contribution in [3.05, 3.63) is 35.6 Å². The fourth-order valence-corrected chi connectivity index (χ4v) is 2.97. The van der Waals surface area contributed by atoms with E-state index in [4.69, 9.17) is 0 Å². The van der Waals surface area contributed by atoms with Gasteiger partial charge in [0.1, 0.15) is 5.82 Å². The van der Waals surface area contributed by atoms with E-state index in [9.17, 15) is 23.6 Å². The highest BCUT2D eigenvalue weighted by Crippen LogP contribution is 2.13. The number of halogens is 1. The quantitative estimate of drug-likeness (QED) is 0.552. The fourth-order valence-electron chi connectivity index (χ4n) is 2.97. The first-order valence-electron chi connectivity index (χ1n) is 8.25. The zero-order valence-corrected chi connectivity index (χ0v) is 14.4.